The number of aryl methyl sites for hydroxylation is 2. The molecule has 35 heavy (non-hydrogen) atoms. The minimum Gasteiger partial charge on any atom is -0.481 e. The highest BCUT2D eigenvalue weighted by Crippen LogP contribution is 2.37. The Morgan fingerprint density at radius 1 is 1.09 bits per heavy atom. The van der Waals surface area contributed by atoms with Crippen molar-refractivity contribution in [3.63, 3.8) is 0 Å². The Labute approximate surface area is 210 Å². The average Bonchev–Trinajstić information content (AvgIpc) is 3.11. The number of aliphatic carboxylic acids is 1. The van der Waals surface area contributed by atoms with Gasteiger partial charge in [-0.3, -0.25) is 9.59 Å². The molecule has 0 unspecified atom stereocenters. The van der Waals surface area contributed by atoms with Gasteiger partial charge in [0.25, 0.3) is 5.91 Å². The molecule has 1 aliphatic rings. The van der Waals surface area contributed by atoms with Gasteiger partial charge in [0.05, 0.1) is 34.1 Å². The number of carboxylic acids is 1. The van der Waals surface area contributed by atoms with Gasteiger partial charge in [0.2, 0.25) is 0 Å². The van der Waals surface area contributed by atoms with Crippen molar-refractivity contribution in [1.82, 2.24) is 9.47 Å². The van der Waals surface area contributed by atoms with Gasteiger partial charge in [-0.05, 0) is 62.1 Å². The van der Waals surface area contributed by atoms with E-state index in [2.05, 4.69) is 0 Å². The van der Waals surface area contributed by atoms with Crippen molar-refractivity contribution in [2.24, 2.45) is 5.92 Å². The van der Waals surface area contributed by atoms with E-state index in [-0.39, 0.29) is 23.0 Å². The molecule has 0 atom stereocenters. The summed E-state index contributed by atoms with van der Waals surface area (Å²) in [6.45, 7) is 4.15. The van der Waals surface area contributed by atoms with Gasteiger partial charge < -0.3 is 14.6 Å². The lowest BCUT2D eigenvalue weighted by molar-refractivity contribution is -0.143. The Hall–Kier alpha value is -2.71. The molecular weight excluding hydrogens is 504 g/mol. The average molecular weight is 527 g/mol. The Morgan fingerprint density at radius 2 is 1.74 bits per heavy atom. The molecule has 1 N–H and O–H groups in total. The van der Waals surface area contributed by atoms with Crippen LogP contribution in [0.5, 0.6) is 0 Å². The first-order valence-corrected chi connectivity index (χ1v) is 11.8. The number of likely N-dealkylation sites (tertiary alicyclic amines) is 1. The van der Waals surface area contributed by atoms with Gasteiger partial charge in [-0.15, -0.1) is 0 Å². The Balaban J connectivity index is 1.68. The largest absolute Gasteiger partial charge is 0.481 e. The van der Waals surface area contributed by atoms with Crippen LogP contribution in [0.15, 0.2) is 30.5 Å². The minimum atomic E-state index is -4.45. The third-order valence-corrected chi connectivity index (χ3v) is 7.35. The van der Waals surface area contributed by atoms with Crippen LogP contribution in [0.3, 0.4) is 0 Å². The number of alkyl halides is 3. The maximum Gasteiger partial charge on any atom is 0.416 e. The number of carboxylic acid groups (broad SMARTS) is 1. The van der Waals surface area contributed by atoms with Crippen LogP contribution in [-0.2, 0) is 17.5 Å². The van der Waals surface area contributed by atoms with E-state index in [0.29, 0.717) is 58.5 Å². The van der Waals surface area contributed by atoms with E-state index in [1.807, 2.05) is 0 Å². The van der Waals surface area contributed by atoms with Gasteiger partial charge in [0, 0.05) is 35.3 Å². The van der Waals surface area contributed by atoms with Gasteiger partial charge >= 0.3 is 12.1 Å². The number of benzene rings is 2. The maximum atomic E-state index is 13.3. The third kappa shape index (κ3) is 4.86. The lowest BCUT2D eigenvalue weighted by Gasteiger charge is -2.30. The molecule has 3 aromatic rings. The zero-order chi connectivity index (χ0) is 25.7. The standard InChI is InChI=1S/C25H23Cl2F3N2O3/c1-13-9-16(25(28,29)30)10-18-14(2)11-32(22(13)18)12-19-20(26)4-3-17(21(19)27)23(33)31-7-5-15(6-8-31)24(34)35/h3-4,9-11,15H,5-8,12H2,1-2H3,(H,34,35). The van der Waals surface area contributed by atoms with Crippen LogP contribution in [0.2, 0.25) is 10.0 Å². The summed E-state index contributed by atoms with van der Waals surface area (Å²) in [5, 5.41) is 10.2. The number of nitrogens with zero attached hydrogens (tertiary/aromatic N) is 2. The van der Waals surface area contributed by atoms with E-state index in [1.54, 1.807) is 41.6 Å². The third-order valence-electron chi connectivity index (χ3n) is 6.57. The van der Waals surface area contributed by atoms with Crippen molar-refractivity contribution in [1.29, 1.82) is 0 Å². The number of carbonyl (C=O) groups is 2. The number of aromatic nitrogens is 1. The van der Waals surface area contributed by atoms with Crippen LogP contribution in [0, 0.1) is 19.8 Å². The monoisotopic (exact) mass is 526 g/mol. The first-order chi connectivity index (χ1) is 16.4. The lowest BCUT2D eigenvalue weighted by Crippen LogP contribution is -2.40. The maximum absolute atomic E-state index is 13.3. The molecule has 0 radical (unpaired) electrons. The molecule has 0 aliphatic carbocycles. The van der Waals surface area contributed by atoms with E-state index in [4.69, 9.17) is 23.2 Å². The molecule has 1 fully saturated rings. The SMILES string of the molecule is Cc1cn(Cc2c(Cl)ccc(C(=O)N3CCC(C(=O)O)CC3)c2Cl)c2c(C)cc(C(F)(F)F)cc12. The normalized spacial score (nSPS) is 15.1. The van der Waals surface area contributed by atoms with Crippen LogP contribution in [0.1, 0.15) is 45.5 Å². The second-order valence-corrected chi connectivity index (χ2v) is 9.70. The van der Waals surface area contributed by atoms with Gasteiger partial charge in [-0.25, -0.2) is 0 Å². The number of amides is 1. The molecule has 1 amide bonds. The van der Waals surface area contributed by atoms with Gasteiger partial charge in [-0.2, -0.15) is 13.2 Å². The molecular formula is C25H23Cl2F3N2O3. The topological polar surface area (TPSA) is 62.5 Å². The number of hydrogen-bond donors (Lipinski definition) is 1. The van der Waals surface area contributed by atoms with Gasteiger partial charge in [-0.1, -0.05) is 23.2 Å². The number of fused-ring (bicyclic) bond motifs is 1. The summed E-state index contributed by atoms with van der Waals surface area (Å²) in [6.07, 6.45) is -1.97. The number of hydrogen-bond acceptors (Lipinski definition) is 2. The van der Waals surface area contributed by atoms with Crippen molar-refractivity contribution in [3.8, 4) is 0 Å². The summed E-state index contributed by atoms with van der Waals surface area (Å²) >= 11 is 13.1. The highest BCUT2D eigenvalue weighted by atomic mass is 35.5. The van der Waals surface area contributed by atoms with Crippen molar-refractivity contribution in [3.05, 3.63) is 68.3 Å². The lowest BCUT2D eigenvalue weighted by atomic mass is 9.96. The summed E-state index contributed by atoms with van der Waals surface area (Å²) in [5.41, 5.74) is 1.80. The van der Waals surface area contributed by atoms with Crippen LogP contribution in [0.25, 0.3) is 10.9 Å². The van der Waals surface area contributed by atoms with Gasteiger partial charge in [0.1, 0.15) is 0 Å². The molecule has 10 heteroatoms. The molecule has 0 saturated carbocycles. The van der Waals surface area contributed by atoms with Crippen LogP contribution < -0.4 is 0 Å². The fourth-order valence-corrected chi connectivity index (χ4v) is 5.27. The predicted molar refractivity (Wildman–Crippen MR) is 128 cm³/mol. The van der Waals surface area contributed by atoms with E-state index >= 15 is 0 Å². The molecule has 1 saturated heterocycles. The second-order valence-electron chi connectivity index (χ2n) is 8.92. The fourth-order valence-electron chi connectivity index (χ4n) is 4.70. The van der Waals surface area contributed by atoms with Crippen LogP contribution in [-0.4, -0.2) is 39.5 Å². The number of rotatable bonds is 4. The molecule has 1 aromatic heterocycles. The van der Waals surface area contributed by atoms with Crippen LogP contribution >= 0.6 is 23.2 Å². The van der Waals surface area contributed by atoms with E-state index in [0.717, 1.165) is 12.1 Å². The predicted octanol–water partition coefficient (Wildman–Crippen LogP) is 6.57. The van der Waals surface area contributed by atoms with Gasteiger partial charge in [0.15, 0.2) is 0 Å². The Bertz CT molecular complexity index is 1330. The molecule has 186 valence electrons. The number of carbonyl (C=O) groups excluding carboxylic acids is 1. The molecule has 5 nitrogen and oxygen atoms in total. The molecule has 2 aromatic carbocycles. The molecule has 0 bridgehead atoms. The first-order valence-electron chi connectivity index (χ1n) is 11.0. The Kier molecular flexibility index (Phi) is 6.81. The minimum absolute atomic E-state index is 0.163. The second kappa shape index (κ2) is 9.39. The van der Waals surface area contributed by atoms with Crippen molar-refractivity contribution < 1.29 is 27.9 Å². The number of halogens is 5. The first kappa shape index (κ1) is 25.4. The van der Waals surface area contributed by atoms with Crippen molar-refractivity contribution in [2.45, 2.75) is 39.4 Å². The van der Waals surface area contributed by atoms with Crippen LogP contribution in [0.4, 0.5) is 13.2 Å². The molecule has 0 spiro atoms. The summed E-state index contributed by atoms with van der Waals surface area (Å²) < 4.78 is 41.7. The summed E-state index contributed by atoms with van der Waals surface area (Å²) in [7, 11) is 0. The zero-order valence-corrected chi connectivity index (χ0v) is 20.6. The molecule has 1 aliphatic heterocycles. The van der Waals surface area contributed by atoms with E-state index in [9.17, 15) is 27.9 Å². The summed E-state index contributed by atoms with van der Waals surface area (Å²) in [6, 6.07) is 5.37. The summed E-state index contributed by atoms with van der Waals surface area (Å²) in [4.78, 5) is 25.9. The zero-order valence-electron chi connectivity index (χ0n) is 19.0. The van der Waals surface area contributed by atoms with Crippen molar-refractivity contribution in [2.75, 3.05) is 13.1 Å². The fraction of sp³-hybridized carbons (Fsp3) is 0.360. The highest BCUT2D eigenvalue weighted by molar-refractivity contribution is 6.38. The Morgan fingerprint density at radius 3 is 2.34 bits per heavy atom. The summed E-state index contributed by atoms with van der Waals surface area (Å²) in [5.74, 6) is -1.64. The van der Waals surface area contributed by atoms with E-state index < -0.39 is 23.6 Å². The highest BCUT2D eigenvalue weighted by Gasteiger charge is 2.32. The van der Waals surface area contributed by atoms with Crippen molar-refractivity contribution >= 4 is 46.0 Å². The smallest absolute Gasteiger partial charge is 0.416 e. The molecule has 4 rings (SSSR count). The number of piperidine rings is 1. The van der Waals surface area contributed by atoms with E-state index in [1.165, 1.54) is 0 Å². The quantitative estimate of drug-likeness (QED) is 0.418. The molecule has 2 heterocycles.